The molecule has 0 saturated heterocycles. The molecule has 51 heavy (non-hydrogen) atoms. The zero-order valence-electron chi connectivity index (χ0n) is 28.5. The van der Waals surface area contributed by atoms with Crippen LogP contribution in [0.25, 0.3) is 0 Å². The molecule has 3 heterocycles. The van der Waals surface area contributed by atoms with E-state index in [9.17, 15) is 32.3 Å². The van der Waals surface area contributed by atoms with E-state index in [1.165, 1.54) is 30.2 Å². The SMILES string of the molecule is CCC(CC)(c1ccc(Nc2ncc(C(F)(F)F)c(Nc3ccc(C4CCC(c5nn[nH]n5)CC4)c4c3C(=O)N(C)C4)n2)c(OC)c1)P(=O)(O)O. The molecule has 0 atom stereocenters. The normalized spacial score (nSPS) is 18.1. The topological polar surface area (TPSA) is 191 Å². The van der Waals surface area contributed by atoms with Crippen molar-refractivity contribution in [3.05, 3.63) is 70.2 Å². The first-order valence-corrected chi connectivity index (χ1v) is 18.2. The van der Waals surface area contributed by atoms with Crippen LogP contribution >= 0.6 is 7.60 Å². The first-order valence-electron chi connectivity index (χ1n) is 16.6. The lowest BCUT2D eigenvalue weighted by Gasteiger charge is -2.33. The summed E-state index contributed by atoms with van der Waals surface area (Å²) >= 11 is 0. The van der Waals surface area contributed by atoms with E-state index in [0.717, 1.165) is 36.8 Å². The maximum Gasteiger partial charge on any atom is 0.421 e. The number of hydrogen-bond acceptors (Lipinski definition) is 10. The highest BCUT2D eigenvalue weighted by atomic mass is 31.2. The van der Waals surface area contributed by atoms with Gasteiger partial charge in [-0.05, 0) is 79.3 Å². The van der Waals surface area contributed by atoms with E-state index in [0.29, 0.717) is 29.7 Å². The van der Waals surface area contributed by atoms with Crippen LogP contribution in [0.15, 0.2) is 36.5 Å². The Morgan fingerprint density at radius 3 is 2.33 bits per heavy atom. The number of benzene rings is 2. The number of carbonyl (C=O) groups is 1. The summed E-state index contributed by atoms with van der Waals surface area (Å²) in [6.07, 6.45) is -0.524. The molecule has 1 fully saturated rings. The number of halogens is 3. The Morgan fingerprint density at radius 2 is 1.73 bits per heavy atom. The number of rotatable bonds is 11. The van der Waals surface area contributed by atoms with E-state index in [4.69, 9.17) is 4.74 Å². The number of amides is 1. The fraction of sp³-hybridized carbons (Fsp3) is 0.455. The van der Waals surface area contributed by atoms with Crippen LogP contribution in [-0.4, -0.2) is 65.3 Å². The number of aromatic nitrogens is 6. The summed E-state index contributed by atoms with van der Waals surface area (Å²) in [4.78, 5) is 43.5. The Morgan fingerprint density at radius 1 is 1.04 bits per heavy atom. The molecule has 0 radical (unpaired) electrons. The van der Waals surface area contributed by atoms with Crippen LogP contribution in [0, 0.1) is 0 Å². The number of carbonyl (C=O) groups excluding carboxylic acids is 1. The van der Waals surface area contributed by atoms with Gasteiger partial charge >= 0.3 is 13.8 Å². The van der Waals surface area contributed by atoms with Gasteiger partial charge in [0.1, 0.15) is 17.1 Å². The number of nitrogens with one attached hydrogen (secondary N) is 3. The molecule has 4 aromatic rings. The monoisotopic (exact) mass is 729 g/mol. The van der Waals surface area contributed by atoms with E-state index in [-0.39, 0.29) is 53.7 Å². The molecule has 5 N–H and O–H groups in total. The standard InChI is InChI=1S/C33H39F3N9O5P/c1-5-32(6-2,51(47,48)49)20-11-13-24(26(15-20)50-4)39-31-37-16-23(33(34,35)36)29(40-31)38-25-14-12-21(22-17-45(3)30(46)27(22)25)18-7-9-19(10-8-18)28-41-43-44-42-28/h11-16,18-19H,5-10,17H2,1-4H3,(H2,47,48,49)(H2,37,38,39,40)(H,41,42,43,44). The van der Waals surface area contributed by atoms with Gasteiger partial charge in [-0.2, -0.15) is 23.4 Å². The molecule has 272 valence electrons. The Balaban J connectivity index is 1.32. The second-order valence-electron chi connectivity index (χ2n) is 12.9. The summed E-state index contributed by atoms with van der Waals surface area (Å²) in [5.74, 6) is 0.101. The van der Waals surface area contributed by atoms with E-state index < -0.39 is 30.3 Å². The average Bonchev–Trinajstić information content (AvgIpc) is 3.74. The lowest BCUT2D eigenvalue weighted by Crippen LogP contribution is -2.24. The van der Waals surface area contributed by atoms with Gasteiger partial charge in [0.15, 0.2) is 5.82 Å². The van der Waals surface area contributed by atoms with Crippen molar-refractivity contribution in [2.45, 2.75) is 82.1 Å². The lowest BCUT2D eigenvalue weighted by molar-refractivity contribution is -0.137. The number of methoxy groups -OCH3 is 1. The van der Waals surface area contributed by atoms with Crippen molar-refractivity contribution in [1.29, 1.82) is 0 Å². The largest absolute Gasteiger partial charge is 0.495 e. The van der Waals surface area contributed by atoms with Gasteiger partial charge in [-0.3, -0.25) is 9.36 Å². The number of fused-ring (bicyclic) bond motifs is 1. The molecule has 0 bridgehead atoms. The van der Waals surface area contributed by atoms with Gasteiger partial charge in [0.05, 0.1) is 29.2 Å². The van der Waals surface area contributed by atoms with Crippen molar-refractivity contribution < 1.29 is 37.1 Å². The molecular formula is C33H39F3N9O5P. The van der Waals surface area contributed by atoms with Crippen molar-refractivity contribution in [3.63, 3.8) is 0 Å². The number of H-pyrrole nitrogens is 1. The molecule has 1 aliphatic heterocycles. The number of tetrazole rings is 1. The van der Waals surface area contributed by atoms with Crippen molar-refractivity contribution in [2.75, 3.05) is 24.8 Å². The number of nitrogens with zero attached hydrogens (tertiary/aromatic N) is 6. The molecule has 2 aliphatic rings. The average molecular weight is 730 g/mol. The van der Waals surface area contributed by atoms with Crippen molar-refractivity contribution in [2.24, 2.45) is 0 Å². The van der Waals surface area contributed by atoms with Crippen molar-refractivity contribution >= 4 is 36.6 Å². The van der Waals surface area contributed by atoms with Gasteiger partial charge in [-0.15, -0.1) is 10.2 Å². The van der Waals surface area contributed by atoms with Crippen LogP contribution < -0.4 is 15.4 Å². The molecule has 18 heteroatoms. The van der Waals surface area contributed by atoms with Crippen LogP contribution in [0.5, 0.6) is 5.75 Å². The van der Waals surface area contributed by atoms with Crippen molar-refractivity contribution in [1.82, 2.24) is 35.5 Å². The molecule has 14 nitrogen and oxygen atoms in total. The second kappa shape index (κ2) is 13.8. The zero-order valence-corrected chi connectivity index (χ0v) is 29.3. The third-order valence-corrected chi connectivity index (χ3v) is 12.3. The maximum absolute atomic E-state index is 14.3. The quantitative estimate of drug-likeness (QED) is 0.103. The minimum atomic E-state index is -4.83. The Bertz CT molecular complexity index is 1960. The third-order valence-electron chi connectivity index (χ3n) is 10.3. The van der Waals surface area contributed by atoms with Crippen molar-refractivity contribution in [3.8, 4) is 5.75 Å². The predicted molar refractivity (Wildman–Crippen MR) is 181 cm³/mol. The summed E-state index contributed by atoms with van der Waals surface area (Å²) in [6, 6.07) is 8.03. The van der Waals surface area contributed by atoms with Gasteiger partial charge in [-0.25, -0.2) is 4.98 Å². The minimum absolute atomic E-state index is 0.152. The zero-order chi connectivity index (χ0) is 36.7. The number of hydrogen-bond donors (Lipinski definition) is 5. The molecule has 1 saturated carbocycles. The molecular weight excluding hydrogens is 690 g/mol. The molecule has 1 aliphatic carbocycles. The third kappa shape index (κ3) is 6.77. The number of alkyl halides is 3. The fourth-order valence-electron chi connectivity index (χ4n) is 7.39. The smallest absolute Gasteiger partial charge is 0.421 e. The van der Waals surface area contributed by atoms with Crippen LogP contribution in [0.1, 0.15) is 103 Å². The first kappa shape index (κ1) is 36.2. The highest BCUT2D eigenvalue weighted by Crippen LogP contribution is 2.61. The van der Waals surface area contributed by atoms with Crippen LogP contribution in [-0.2, 0) is 22.4 Å². The van der Waals surface area contributed by atoms with Gasteiger partial charge in [-0.1, -0.05) is 31.2 Å². The van der Waals surface area contributed by atoms with Gasteiger partial charge < -0.3 is 30.1 Å². The highest BCUT2D eigenvalue weighted by molar-refractivity contribution is 7.53. The van der Waals surface area contributed by atoms with Gasteiger partial charge in [0, 0.05) is 25.7 Å². The summed E-state index contributed by atoms with van der Waals surface area (Å²) < 4.78 is 60.9. The van der Waals surface area contributed by atoms with Crippen LogP contribution in [0.2, 0.25) is 0 Å². The Hall–Kier alpha value is -4.60. The molecule has 2 aromatic carbocycles. The highest BCUT2D eigenvalue weighted by Gasteiger charge is 2.46. The molecule has 0 unspecified atom stereocenters. The summed E-state index contributed by atoms with van der Waals surface area (Å²) in [6.45, 7) is 3.69. The van der Waals surface area contributed by atoms with E-state index in [1.807, 2.05) is 6.07 Å². The summed E-state index contributed by atoms with van der Waals surface area (Å²) in [5, 5.41) is 18.6. The number of aromatic amines is 1. The molecule has 0 spiro atoms. The molecule has 6 rings (SSSR count). The van der Waals surface area contributed by atoms with E-state index in [2.05, 4.69) is 41.2 Å². The van der Waals surface area contributed by atoms with Crippen LogP contribution in [0.4, 0.5) is 36.3 Å². The summed E-state index contributed by atoms with van der Waals surface area (Å²) in [5.41, 5.74) is 1.73. The first-order chi connectivity index (χ1) is 24.2. The van der Waals surface area contributed by atoms with E-state index >= 15 is 0 Å². The second-order valence-corrected chi connectivity index (χ2v) is 14.9. The summed E-state index contributed by atoms with van der Waals surface area (Å²) in [7, 11) is -1.58. The molecule has 2 aromatic heterocycles. The van der Waals surface area contributed by atoms with E-state index in [1.54, 1.807) is 27.0 Å². The Labute approximate surface area is 291 Å². The van der Waals surface area contributed by atoms with Gasteiger partial charge in [0.25, 0.3) is 5.91 Å². The minimum Gasteiger partial charge on any atom is -0.495 e. The predicted octanol–water partition coefficient (Wildman–Crippen LogP) is 6.72. The maximum atomic E-state index is 14.3. The fourth-order valence-corrected chi connectivity index (χ4v) is 8.68. The number of anilines is 4. The van der Waals surface area contributed by atoms with Crippen LogP contribution in [0.3, 0.4) is 0 Å². The Kier molecular flexibility index (Phi) is 9.83. The van der Waals surface area contributed by atoms with Gasteiger partial charge in [0.2, 0.25) is 5.95 Å². The molecule has 1 amide bonds. The number of ether oxygens (including phenoxy) is 1. The lowest BCUT2D eigenvalue weighted by atomic mass is 9.76.